The maximum absolute atomic E-state index is 11.7. The maximum Gasteiger partial charge on any atom is 0.330 e. The second-order valence-corrected chi connectivity index (χ2v) is 3.70. The molecule has 92 valence electrons. The highest BCUT2D eigenvalue weighted by atomic mass is 16.6. The van der Waals surface area contributed by atoms with Gasteiger partial charge in [0.25, 0.3) is 5.69 Å². The predicted octanol–water partition coefficient (Wildman–Crippen LogP) is 1.33. The van der Waals surface area contributed by atoms with E-state index in [9.17, 15) is 14.9 Å². The third-order valence-corrected chi connectivity index (χ3v) is 2.36. The topological polar surface area (TPSA) is 95.5 Å². The molecule has 0 aliphatic heterocycles. The number of nitrogens with zero attached hydrogens (tertiary/aromatic N) is 1. The molecule has 0 spiro atoms. The summed E-state index contributed by atoms with van der Waals surface area (Å²) < 4.78 is 4.81. The molecule has 2 N–H and O–H groups in total. The number of ether oxygens (including phenoxy) is 1. The number of esters is 1. The molecular weight excluding hydrogens is 224 g/mol. The van der Waals surface area contributed by atoms with Crippen LogP contribution in [0.4, 0.5) is 5.69 Å². The zero-order valence-corrected chi connectivity index (χ0v) is 9.67. The summed E-state index contributed by atoms with van der Waals surface area (Å²) in [5.74, 6) is -0.686. The second-order valence-electron chi connectivity index (χ2n) is 3.70. The molecule has 1 aromatic carbocycles. The minimum absolute atomic E-state index is 0.142. The lowest BCUT2D eigenvalue weighted by Crippen LogP contribution is -2.43. The Labute approximate surface area is 98.5 Å². The fraction of sp³-hybridized carbons (Fsp3) is 0.364. The Morgan fingerprint density at radius 3 is 2.65 bits per heavy atom. The average molecular weight is 238 g/mol. The molecule has 0 bridgehead atoms. The minimum Gasteiger partial charge on any atom is -0.464 e. The highest BCUT2D eigenvalue weighted by Crippen LogP contribution is 2.28. The van der Waals surface area contributed by atoms with Crippen molar-refractivity contribution in [1.29, 1.82) is 0 Å². The van der Waals surface area contributed by atoms with Crippen LogP contribution in [0.2, 0.25) is 0 Å². The molecule has 0 fully saturated rings. The first-order chi connectivity index (χ1) is 7.91. The van der Waals surface area contributed by atoms with Gasteiger partial charge in [-0.25, -0.2) is 4.79 Å². The van der Waals surface area contributed by atoms with Gasteiger partial charge in [-0.15, -0.1) is 0 Å². The predicted molar refractivity (Wildman–Crippen MR) is 61.3 cm³/mol. The molecule has 1 unspecified atom stereocenters. The number of para-hydroxylation sites is 1. The zero-order chi connectivity index (χ0) is 13.1. The highest BCUT2D eigenvalue weighted by molar-refractivity contribution is 5.83. The normalized spacial score (nSPS) is 13.8. The molecule has 1 rings (SSSR count). The summed E-state index contributed by atoms with van der Waals surface area (Å²) >= 11 is 0. The van der Waals surface area contributed by atoms with E-state index in [2.05, 4.69) is 0 Å². The van der Waals surface area contributed by atoms with Gasteiger partial charge in [0, 0.05) is 6.07 Å². The lowest BCUT2D eigenvalue weighted by Gasteiger charge is -2.22. The largest absolute Gasteiger partial charge is 0.464 e. The molecule has 1 atom stereocenters. The Kier molecular flexibility index (Phi) is 3.80. The van der Waals surface area contributed by atoms with Crippen molar-refractivity contribution in [3.63, 3.8) is 0 Å². The van der Waals surface area contributed by atoms with Crippen molar-refractivity contribution in [2.24, 2.45) is 5.73 Å². The number of carbonyl (C=O) groups excluding carboxylic acids is 1. The van der Waals surface area contributed by atoms with Crippen LogP contribution >= 0.6 is 0 Å². The van der Waals surface area contributed by atoms with E-state index in [1.54, 1.807) is 13.0 Å². The Morgan fingerprint density at radius 1 is 1.53 bits per heavy atom. The van der Waals surface area contributed by atoms with Gasteiger partial charge in [-0.3, -0.25) is 10.1 Å². The number of carbonyl (C=O) groups is 1. The Morgan fingerprint density at radius 2 is 2.12 bits per heavy atom. The van der Waals surface area contributed by atoms with E-state index < -0.39 is 16.4 Å². The first kappa shape index (κ1) is 13.1. The SMILES string of the molecule is CCOC(=O)C(C)(N)c1ccccc1[N+](=O)[O-]. The van der Waals surface area contributed by atoms with Crippen molar-refractivity contribution in [2.45, 2.75) is 19.4 Å². The van der Waals surface area contributed by atoms with Crippen molar-refractivity contribution in [3.8, 4) is 0 Å². The zero-order valence-electron chi connectivity index (χ0n) is 9.67. The third kappa shape index (κ3) is 2.59. The van der Waals surface area contributed by atoms with E-state index in [1.807, 2.05) is 0 Å². The van der Waals surface area contributed by atoms with Crippen LogP contribution < -0.4 is 5.73 Å². The second kappa shape index (κ2) is 4.92. The monoisotopic (exact) mass is 238 g/mol. The number of rotatable bonds is 4. The third-order valence-electron chi connectivity index (χ3n) is 2.36. The van der Waals surface area contributed by atoms with E-state index in [4.69, 9.17) is 10.5 Å². The molecule has 0 aliphatic rings. The number of nitrogens with two attached hydrogens (primary N) is 1. The molecule has 0 aromatic heterocycles. The number of hydrogen-bond acceptors (Lipinski definition) is 5. The Bertz CT molecular complexity index is 443. The van der Waals surface area contributed by atoms with Crippen LogP contribution in [-0.4, -0.2) is 17.5 Å². The first-order valence-corrected chi connectivity index (χ1v) is 5.11. The standard InChI is InChI=1S/C11H14N2O4/c1-3-17-10(14)11(2,12)8-6-4-5-7-9(8)13(15)16/h4-7H,3,12H2,1-2H3. The summed E-state index contributed by atoms with van der Waals surface area (Å²) in [6.07, 6.45) is 0. The smallest absolute Gasteiger partial charge is 0.330 e. The van der Waals surface area contributed by atoms with Crippen LogP contribution in [0.3, 0.4) is 0 Å². The summed E-state index contributed by atoms with van der Waals surface area (Å²) in [5, 5.41) is 10.8. The Balaban J connectivity index is 3.23. The molecule has 0 heterocycles. The van der Waals surface area contributed by atoms with Crippen molar-refractivity contribution >= 4 is 11.7 Å². The quantitative estimate of drug-likeness (QED) is 0.485. The maximum atomic E-state index is 11.7. The lowest BCUT2D eigenvalue weighted by molar-refractivity contribution is -0.386. The molecule has 0 saturated carbocycles. The van der Waals surface area contributed by atoms with Crippen molar-refractivity contribution in [3.05, 3.63) is 39.9 Å². The molecule has 0 aliphatic carbocycles. The number of hydrogen-bond donors (Lipinski definition) is 1. The van der Waals surface area contributed by atoms with Gasteiger partial charge < -0.3 is 10.5 Å². The number of nitro groups is 1. The van der Waals surface area contributed by atoms with Crippen LogP contribution in [-0.2, 0) is 15.1 Å². The molecule has 0 amide bonds. The summed E-state index contributed by atoms with van der Waals surface area (Å²) in [5.41, 5.74) is 4.25. The van der Waals surface area contributed by atoms with Crippen molar-refractivity contribution < 1.29 is 14.5 Å². The molecule has 17 heavy (non-hydrogen) atoms. The summed E-state index contributed by atoms with van der Waals surface area (Å²) in [6.45, 7) is 3.22. The van der Waals surface area contributed by atoms with Gasteiger partial charge in [0.05, 0.1) is 17.1 Å². The average Bonchev–Trinajstić information content (AvgIpc) is 2.29. The van der Waals surface area contributed by atoms with E-state index in [0.29, 0.717) is 0 Å². The van der Waals surface area contributed by atoms with Crippen molar-refractivity contribution in [1.82, 2.24) is 0 Å². The summed E-state index contributed by atoms with van der Waals surface area (Å²) in [4.78, 5) is 21.9. The van der Waals surface area contributed by atoms with Gasteiger partial charge in [-0.05, 0) is 19.9 Å². The highest BCUT2D eigenvalue weighted by Gasteiger charge is 2.37. The van der Waals surface area contributed by atoms with E-state index in [1.165, 1.54) is 25.1 Å². The van der Waals surface area contributed by atoms with Crippen molar-refractivity contribution in [2.75, 3.05) is 6.61 Å². The van der Waals surface area contributed by atoms with Crippen LogP contribution in [0.25, 0.3) is 0 Å². The van der Waals surface area contributed by atoms with E-state index in [0.717, 1.165) is 0 Å². The van der Waals surface area contributed by atoms with Gasteiger partial charge in [-0.1, -0.05) is 12.1 Å². The van der Waals surface area contributed by atoms with E-state index >= 15 is 0 Å². The van der Waals surface area contributed by atoms with Gasteiger partial charge in [0.15, 0.2) is 0 Å². The van der Waals surface area contributed by atoms with Crippen LogP contribution in [0.1, 0.15) is 19.4 Å². The summed E-state index contributed by atoms with van der Waals surface area (Å²) in [6, 6.07) is 5.87. The van der Waals surface area contributed by atoms with Gasteiger partial charge in [0.1, 0.15) is 5.54 Å². The fourth-order valence-electron chi connectivity index (χ4n) is 1.46. The van der Waals surface area contributed by atoms with Crippen LogP contribution in [0.5, 0.6) is 0 Å². The van der Waals surface area contributed by atoms with Gasteiger partial charge in [0.2, 0.25) is 0 Å². The van der Waals surface area contributed by atoms with Crippen LogP contribution in [0.15, 0.2) is 24.3 Å². The van der Waals surface area contributed by atoms with Crippen LogP contribution in [0, 0.1) is 10.1 Å². The molecule has 0 saturated heterocycles. The number of nitro benzene ring substituents is 1. The first-order valence-electron chi connectivity index (χ1n) is 5.11. The fourth-order valence-corrected chi connectivity index (χ4v) is 1.46. The van der Waals surface area contributed by atoms with Gasteiger partial charge >= 0.3 is 5.97 Å². The molecule has 1 aromatic rings. The van der Waals surface area contributed by atoms with E-state index in [-0.39, 0.29) is 17.9 Å². The lowest BCUT2D eigenvalue weighted by atomic mass is 9.92. The molecule has 0 radical (unpaired) electrons. The summed E-state index contributed by atoms with van der Waals surface area (Å²) in [7, 11) is 0. The molecule has 6 nitrogen and oxygen atoms in total. The Hall–Kier alpha value is -1.95. The molecular formula is C11H14N2O4. The number of benzene rings is 1. The van der Waals surface area contributed by atoms with Gasteiger partial charge in [-0.2, -0.15) is 0 Å². The molecule has 6 heteroatoms. The minimum atomic E-state index is -1.53.